The molecule has 1 saturated heterocycles. The minimum absolute atomic E-state index is 0.153. The van der Waals surface area contributed by atoms with Gasteiger partial charge in [0.2, 0.25) is 0 Å². The maximum Gasteiger partial charge on any atom is 0.329 e. The molecule has 0 aromatic heterocycles. The van der Waals surface area contributed by atoms with Crippen molar-refractivity contribution >= 4 is 18.0 Å². The Labute approximate surface area is 159 Å². The first kappa shape index (κ1) is 18.7. The third-order valence-electron chi connectivity index (χ3n) is 4.53. The zero-order valence-corrected chi connectivity index (χ0v) is 15.9. The summed E-state index contributed by atoms with van der Waals surface area (Å²) in [6.45, 7) is 6.34. The number of hydrogen-bond donors (Lipinski definition) is 1. The largest absolute Gasteiger partial charge is 0.491 e. The summed E-state index contributed by atoms with van der Waals surface area (Å²) in [6, 6.07) is 14.8. The highest BCUT2D eigenvalue weighted by Crippen LogP contribution is 2.20. The third-order valence-corrected chi connectivity index (χ3v) is 4.53. The number of rotatable bonds is 6. The van der Waals surface area contributed by atoms with Crippen LogP contribution in [0, 0.1) is 6.92 Å². The fourth-order valence-corrected chi connectivity index (χ4v) is 2.72. The Morgan fingerprint density at radius 1 is 1.07 bits per heavy atom. The molecular formula is C22H24N2O3. The second-order valence-electron chi connectivity index (χ2n) is 6.77. The first-order chi connectivity index (χ1) is 13.0. The quantitative estimate of drug-likeness (QED) is 0.615. The highest BCUT2D eigenvalue weighted by atomic mass is 16.5. The highest BCUT2D eigenvalue weighted by Gasteiger charge is 2.33. The molecule has 0 saturated carbocycles. The number of aryl methyl sites for hydroxylation is 1. The van der Waals surface area contributed by atoms with E-state index in [0.717, 1.165) is 28.9 Å². The van der Waals surface area contributed by atoms with Crippen molar-refractivity contribution in [2.24, 2.45) is 0 Å². The van der Waals surface area contributed by atoms with Gasteiger partial charge in [-0.3, -0.25) is 9.69 Å². The first-order valence-corrected chi connectivity index (χ1v) is 9.13. The van der Waals surface area contributed by atoms with Gasteiger partial charge in [0, 0.05) is 0 Å². The van der Waals surface area contributed by atoms with Gasteiger partial charge in [0.05, 0.1) is 12.6 Å². The molecular weight excluding hydrogens is 340 g/mol. The van der Waals surface area contributed by atoms with Crippen molar-refractivity contribution in [3.63, 3.8) is 0 Å². The molecule has 5 nitrogen and oxygen atoms in total. The molecule has 0 radical (unpaired) electrons. The Bertz CT molecular complexity index is 854. The van der Waals surface area contributed by atoms with Crippen molar-refractivity contribution in [2.45, 2.75) is 39.8 Å². The maximum absolute atomic E-state index is 12.6. The predicted octanol–water partition coefficient (Wildman–Crippen LogP) is 4.27. The van der Waals surface area contributed by atoms with Gasteiger partial charge in [-0.2, -0.15) is 0 Å². The average molecular weight is 364 g/mol. The summed E-state index contributed by atoms with van der Waals surface area (Å²) in [5.74, 6) is 0.467. The van der Waals surface area contributed by atoms with E-state index in [-0.39, 0.29) is 24.3 Å². The zero-order valence-electron chi connectivity index (χ0n) is 15.9. The van der Waals surface area contributed by atoms with Gasteiger partial charge in [0.25, 0.3) is 5.91 Å². The number of ether oxygens (including phenoxy) is 1. The van der Waals surface area contributed by atoms with Gasteiger partial charge in [-0.25, -0.2) is 4.79 Å². The summed E-state index contributed by atoms with van der Waals surface area (Å²) >= 11 is 0. The number of nitrogens with one attached hydrogen (secondary N) is 1. The second-order valence-corrected chi connectivity index (χ2v) is 6.77. The molecule has 140 valence electrons. The first-order valence-electron chi connectivity index (χ1n) is 9.13. The molecule has 1 aliphatic heterocycles. The van der Waals surface area contributed by atoms with Crippen LogP contribution in [0.25, 0.3) is 6.08 Å². The maximum atomic E-state index is 12.6. The molecule has 0 unspecified atom stereocenters. The van der Waals surface area contributed by atoms with E-state index < -0.39 is 6.03 Å². The number of urea groups is 1. The fraction of sp³-hybridized carbons (Fsp3) is 0.273. The molecule has 0 bridgehead atoms. The van der Waals surface area contributed by atoms with E-state index in [9.17, 15) is 9.59 Å². The van der Waals surface area contributed by atoms with Crippen LogP contribution in [0.2, 0.25) is 0 Å². The highest BCUT2D eigenvalue weighted by molar-refractivity contribution is 6.13. The number of benzene rings is 2. The van der Waals surface area contributed by atoms with Crippen molar-refractivity contribution in [3.8, 4) is 5.75 Å². The molecule has 1 heterocycles. The van der Waals surface area contributed by atoms with Gasteiger partial charge < -0.3 is 10.1 Å². The number of amides is 3. The molecule has 27 heavy (non-hydrogen) atoms. The van der Waals surface area contributed by atoms with E-state index in [1.54, 1.807) is 6.08 Å². The van der Waals surface area contributed by atoms with Crippen molar-refractivity contribution in [1.82, 2.24) is 10.2 Å². The second kappa shape index (κ2) is 8.08. The third kappa shape index (κ3) is 4.56. The number of carbonyl (C=O) groups is 2. The van der Waals surface area contributed by atoms with Gasteiger partial charge in [0.1, 0.15) is 11.4 Å². The molecule has 1 atom stereocenters. The number of imide groups is 1. The van der Waals surface area contributed by atoms with Gasteiger partial charge in [-0.1, -0.05) is 48.9 Å². The van der Waals surface area contributed by atoms with Crippen LogP contribution >= 0.6 is 0 Å². The van der Waals surface area contributed by atoms with Crippen LogP contribution in [0.5, 0.6) is 5.75 Å². The van der Waals surface area contributed by atoms with Crippen molar-refractivity contribution in [1.29, 1.82) is 0 Å². The smallest absolute Gasteiger partial charge is 0.329 e. The lowest BCUT2D eigenvalue weighted by atomic mass is 10.1. The topological polar surface area (TPSA) is 58.6 Å². The number of hydrogen-bond acceptors (Lipinski definition) is 3. The molecule has 3 amide bonds. The molecule has 0 aliphatic carbocycles. The van der Waals surface area contributed by atoms with Gasteiger partial charge in [0.15, 0.2) is 0 Å². The SMILES string of the molecule is CC[C@@H](C)Oc1ccc(/C=C2/NC(=O)N(Cc3ccc(C)cc3)C2=O)cc1. The Balaban J connectivity index is 1.71. The van der Waals surface area contributed by atoms with Gasteiger partial charge in [-0.05, 0) is 49.6 Å². The van der Waals surface area contributed by atoms with Crippen LogP contribution in [-0.2, 0) is 11.3 Å². The predicted molar refractivity (Wildman–Crippen MR) is 105 cm³/mol. The van der Waals surface area contributed by atoms with Crippen LogP contribution in [0.15, 0.2) is 54.2 Å². The normalized spacial score (nSPS) is 16.6. The Morgan fingerprint density at radius 3 is 2.37 bits per heavy atom. The van der Waals surface area contributed by atoms with Crippen molar-refractivity contribution in [2.75, 3.05) is 0 Å². The Morgan fingerprint density at radius 2 is 1.74 bits per heavy atom. The average Bonchev–Trinajstić information content (AvgIpc) is 2.92. The molecule has 1 N–H and O–H groups in total. The van der Waals surface area contributed by atoms with Crippen LogP contribution < -0.4 is 10.1 Å². The lowest BCUT2D eigenvalue weighted by Crippen LogP contribution is -2.30. The van der Waals surface area contributed by atoms with Crippen molar-refractivity contribution < 1.29 is 14.3 Å². The van der Waals surface area contributed by atoms with E-state index in [0.29, 0.717) is 0 Å². The van der Waals surface area contributed by atoms with E-state index in [1.165, 1.54) is 4.90 Å². The van der Waals surface area contributed by atoms with E-state index in [1.807, 2.05) is 62.4 Å². The summed E-state index contributed by atoms with van der Waals surface area (Å²) in [5, 5.41) is 2.66. The molecule has 0 spiro atoms. The number of carbonyl (C=O) groups excluding carboxylic acids is 2. The minimum Gasteiger partial charge on any atom is -0.491 e. The number of nitrogens with zero attached hydrogens (tertiary/aromatic N) is 1. The van der Waals surface area contributed by atoms with Crippen molar-refractivity contribution in [3.05, 3.63) is 70.9 Å². The summed E-state index contributed by atoms with van der Waals surface area (Å²) in [6.07, 6.45) is 2.77. The van der Waals surface area contributed by atoms with Crippen LogP contribution in [0.4, 0.5) is 4.79 Å². The minimum atomic E-state index is -0.399. The summed E-state index contributed by atoms with van der Waals surface area (Å²) in [7, 11) is 0. The molecule has 2 aromatic rings. The molecule has 2 aromatic carbocycles. The van der Waals surface area contributed by atoms with Crippen LogP contribution in [-0.4, -0.2) is 22.9 Å². The summed E-state index contributed by atoms with van der Waals surface area (Å²) in [4.78, 5) is 26.0. The van der Waals surface area contributed by atoms with Gasteiger partial charge in [-0.15, -0.1) is 0 Å². The lowest BCUT2D eigenvalue weighted by molar-refractivity contribution is -0.123. The van der Waals surface area contributed by atoms with Crippen LogP contribution in [0.1, 0.15) is 37.0 Å². The summed E-state index contributed by atoms with van der Waals surface area (Å²) in [5.41, 5.74) is 3.16. The van der Waals surface area contributed by atoms with Gasteiger partial charge >= 0.3 is 6.03 Å². The Kier molecular flexibility index (Phi) is 5.60. The zero-order chi connectivity index (χ0) is 19.4. The fourth-order valence-electron chi connectivity index (χ4n) is 2.72. The molecule has 3 rings (SSSR count). The van der Waals surface area contributed by atoms with E-state index in [2.05, 4.69) is 12.2 Å². The van der Waals surface area contributed by atoms with Crippen LogP contribution in [0.3, 0.4) is 0 Å². The molecule has 5 heteroatoms. The molecule has 1 aliphatic rings. The monoisotopic (exact) mass is 364 g/mol. The van der Waals surface area contributed by atoms with E-state index in [4.69, 9.17) is 4.74 Å². The molecule has 1 fully saturated rings. The Hall–Kier alpha value is -3.08. The summed E-state index contributed by atoms with van der Waals surface area (Å²) < 4.78 is 5.75. The lowest BCUT2D eigenvalue weighted by Gasteiger charge is -2.12. The van der Waals surface area contributed by atoms with E-state index >= 15 is 0 Å². The standard InChI is InChI=1S/C22H24N2O3/c1-4-16(3)27-19-11-9-17(10-12-19)13-20-21(25)24(22(26)23-20)14-18-7-5-15(2)6-8-18/h5-13,16H,4,14H2,1-3H3,(H,23,26)/b20-13+/t16-/m1/s1.